The third-order valence-corrected chi connectivity index (χ3v) is 2.36. The van der Waals surface area contributed by atoms with Gasteiger partial charge in [-0.15, -0.1) is 0 Å². The Bertz CT molecular complexity index is 319. The number of urea groups is 1. The molecule has 2 N–H and O–H groups in total. The average Bonchev–Trinajstić information content (AvgIpc) is 2.29. The smallest absolute Gasteiger partial charge is 0.314 e. The zero-order valence-corrected chi connectivity index (χ0v) is 10.0. The summed E-state index contributed by atoms with van der Waals surface area (Å²) in [6.07, 6.45) is 1.84. The molecule has 3 heteroatoms. The Labute approximate surface area is 97.2 Å². The number of benzene rings is 1. The summed E-state index contributed by atoms with van der Waals surface area (Å²) >= 11 is 0. The lowest BCUT2D eigenvalue weighted by molar-refractivity contribution is 0.241. The van der Waals surface area contributed by atoms with E-state index in [1.165, 1.54) is 11.1 Å². The van der Waals surface area contributed by atoms with Crippen LogP contribution in [0.5, 0.6) is 0 Å². The van der Waals surface area contributed by atoms with E-state index in [2.05, 4.69) is 41.8 Å². The van der Waals surface area contributed by atoms with Crippen molar-refractivity contribution >= 4 is 6.03 Å². The minimum Gasteiger partial charge on any atom is -0.338 e. The molecule has 1 aromatic carbocycles. The van der Waals surface area contributed by atoms with Crippen molar-refractivity contribution in [3.05, 3.63) is 35.4 Å². The van der Waals surface area contributed by atoms with Crippen LogP contribution < -0.4 is 10.6 Å². The van der Waals surface area contributed by atoms with Gasteiger partial charge in [-0.1, -0.05) is 36.8 Å². The molecule has 0 heterocycles. The van der Waals surface area contributed by atoms with E-state index in [-0.39, 0.29) is 6.03 Å². The van der Waals surface area contributed by atoms with Crippen molar-refractivity contribution in [3.63, 3.8) is 0 Å². The van der Waals surface area contributed by atoms with E-state index in [0.717, 1.165) is 19.4 Å². The molecule has 0 fully saturated rings. The van der Waals surface area contributed by atoms with Crippen molar-refractivity contribution in [3.8, 4) is 0 Å². The van der Waals surface area contributed by atoms with Gasteiger partial charge in [0.15, 0.2) is 0 Å². The summed E-state index contributed by atoms with van der Waals surface area (Å²) in [6.45, 7) is 5.52. The Morgan fingerprint density at radius 1 is 1.12 bits per heavy atom. The fraction of sp³-hybridized carbons (Fsp3) is 0.462. The fourth-order valence-electron chi connectivity index (χ4n) is 1.38. The van der Waals surface area contributed by atoms with Crippen LogP contribution in [0.15, 0.2) is 24.3 Å². The minimum atomic E-state index is -0.0750. The maximum atomic E-state index is 11.2. The second-order valence-electron chi connectivity index (χ2n) is 3.92. The molecular weight excluding hydrogens is 200 g/mol. The number of rotatable bonds is 5. The summed E-state index contributed by atoms with van der Waals surface area (Å²) in [4.78, 5) is 11.2. The fourth-order valence-corrected chi connectivity index (χ4v) is 1.38. The largest absolute Gasteiger partial charge is 0.338 e. The Balaban J connectivity index is 2.20. The van der Waals surface area contributed by atoms with Gasteiger partial charge in [-0.3, -0.25) is 0 Å². The normalized spacial score (nSPS) is 9.88. The van der Waals surface area contributed by atoms with E-state index in [4.69, 9.17) is 0 Å². The quantitative estimate of drug-likeness (QED) is 0.785. The summed E-state index contributed by atoms with van der Waals surface area (Å²) in [5, 5.41) is 5.61. The predicted molar refractivity (Wildman–Crippen MR) is 66.6 cm³/mol. The van der Waals surface area contributed by atoms with Gasteiger partial charge in [0.25, 0.3) is 0 Å². The van der Waals surface area contributed by atoms with E-state index >= 15 is 0 Å². The average molecular weight is 220 g/mol. The van der Waals surface area contributed by atoms with Crippen LogP contribution in [0.2, 0.25) is 0 Å². The number of carbonyl (C=O) groups excluding carboxylic acids is 1. The molecule has 0 saturated heterocycles. The lowest BCUT2D eigenvalue weighted by atomic mass is 10.1. The van der Waals surface area contributed by atoms with Crippen molar-refractivity contribution < 1.29 is 4.79 Å². The standard InChI is InChI=1S/C13H20N2O/c1-3-9-14-13(16)15-10-8-12-6-4-11(2)5-7-12/h4-7H,3,8-10H2,1-2H3,(H2,14,15,16). The van der Waals surface area contributed by atoms with E-state index in [1.54, 1.807) is 0 Å². The molecule has 0 radical (unpaired) electrons. The van der Waals surface area contributed by atoms with Crippen LogP contribution in [0.25, 0.3) is 0 Å². The van der Waals surface area contributed by atoms with Crippen LogP contribution in [0.4, 0.5) is 4.79 Å². The molecule has 0 aliphatic carbocycles. The number of aryl methyl sites for hydroxylation is 1. The molecule has 3 nitrogen and oxygen atoms in total. The van der Waals surface area contributed by atoms with Gasteiger partial charge in [0.05, 0.1) is 0 Å². The van der Waals surface area contributed by atoms with Gasteiger partial charge >= 0.3 is 6.03 Å². The first-order valence-electron chi connectivity index (χ1n) is 5.79. The monoisotopic (exact) mass is 220 g/mol. The number of carbonyl (C=O) groups is 1. The Morgan fingerprint density at radius 2 is 1.75 bits per heavy atom. The van der Waals surface area contributed by atoms with Crippen molar-refractivity contribution in [1.82, 2.24) is 10.6 Å². The molecule has 16 heavy (non-hydrogen) atoms. The zero-order valence-electron chi connectivity index (χ0n) is 10.0. The van der Waals surface area contributed by atoms with Gasteiger partial charge in [0, 0.05) is 13.1 Å². The van der Waals surface area contributed by atoms with Crippen LogP contribution in [0.1, 0.15) is 24.5 Å². The summed E-state index contributed by atoms with van der Waals surface area (Å²) in [5.41, 5.74) is 2.51. The van der Waals surface area contributed by atoms with Gasteiger partial charge in [0.1, 0.15) is 0 Å². The van der Waals surface area contributed by atoms with Gasteiger partial charge in [-0.05, 0) is 25.3 Å². The lowest BCUT2D eigenvalue weighted by Gasteiger charge is -2.06. The number of hydrogen-bond acceptors (Lipinski definition) is 1. The second kappa shape index (κ2) is 6.88. The highest BCUT2D eigenvalue weighted by atomic mass is 16.2. The zero-order chi connectivity index (χ0) is 11.8. The minimum absolute atomic E-state index is 0.0750. The molecule has 1 rings (SSSR count). The Hall–Kier alpha value is -1.51. The summed E-state index contributed by atoms with van der Waals surface area (Å²) < 4.78 is 0. The number of amides is 2. The number of nitrogens with one attached hydrogen (secondary N) is 2. The first-order chi connectivity index (χ1) is 7.72. The molecule has 0 bridgehead atoms. The van der Waals surface area contributed by atoms with Crippen LogP contribution in [0, 0.1) is 6.92 Å². The van der Waals surface area contributed by atoms with E-state index in [9.17, 15) is 4.79 Å². The van der Waals surface area contributed by atoms with E-state index in [1.807, 2.05) is 6.92 Å². The molecule has 0 unspecified atom stereocenters. The third-order valence-electron chi connectivity index (χ3n) is 2.36. The molecule has 88 valence electrons. The molecule has 0 atom stereocenters. The van der Waals surface area contributed by atoms with Gasteiger partial charge in [-0.2, -0.15) is 0 Å². The maximum Gasteiger partial charge on any atom is 0.314 e. The lowest BCUT2D eigenvalue weighted by Crippen LogP contribution is -2.36. The molecule has 0 saturated carbocycles. The Morgan fingerprint density at radius 3 is 2.38 bits per heavy atom. The maximum absolute atomic E-state index is 11.2. The van der Waals surface area contributed by atoms with Gasteiger partial charge in [-0.25, -0.2) is 4.79 Å². The highest BCUT2D eigenvalue weighted by Crippen LogP contribution is 2.02. The highest BCUT2D eigenvalue weighted by molar-refractivity contribution is 5.73. The van der Waals surface area contributed by atoms with Crippen molar-refractivity contribution in [2.45, 2.75) is 26.7 Å². The van der Waals surface area contributed by atoms with Crippen LogP contribution >= 0.6 is 0 Å². The Kier molecular flexibility index (Phi) is 5.40. The summed E-state index contributed by atoms with van der Waals surface area (Å²) in [6, 6.07) is 8.30. The second-order valence-corrected chi connectivity index (χ2v) is 3.92. The molecule has 0 aliphatic rings. The topological polar surface area (TPSA) is 41.1 Å². The van der Waals surface area contributed by atoms with Crippen LogP contribution in [-0.4, -0.2) is 19.1 Å². The third kappa shape index (κ3) is 4.82. The van der Waals surface area contributed by atoms with Gasteiger partial charge < -0.3 is 10.6 Å². The first-order valence-corrected chi connectivity index (χ1v) is 5.79. The predicted octanol–water partition coefficient (Wildman–Crippen LogP) is 2.25. The van der Waals surface area contributed by atoms with Crippen LogP contribution in [0.3, 0.4) is 0 Å². The van der Waals surface area contributed by atoms with Crippen molar-refractivity contribution in [2.75, 3.05) is 13.1 Å². The molecular formula is C13H20N2O. The van der Waals surface area contributed by atoms with Crippen molar-refractivity contribution in [2.24, 2.45) is 0 Å². The SMILES string of the molecule is CCCNC(=O)NCCc1ccc(C)cc1. The highest BCUT2D eigenvalue weighted by Gasteiger charge is 1.98. The molecule has 0 aromatic heterocycles. The van der Waals surface area contributed by atoms with E-state index < -0.39 is 0 Å². The summed E-state index contributed by atoms with van der Waals surface area (Å²) in [7, 11) is 0. The molecule has 2 amide bonds. The first kappa shape index (κ1) is 12.6. The molecule has 1 aromatic rings. The van der Waals surface area contributed by atoms with E-state index in [0.29, 0.717) is 6.54 Å². The summed E-state index contributed by atoms with van der Waals surface area (Å²) in [5.74, 6) is 0. The number of hydrogen-bond donors (Lipinski definition) is 2. The van der Waals surface area contributed by atoms with Gasteiger partial charge in [0.2, 0.25) is 0 Å². The molecule has 0 aliphatic heterocycles. The van der Waals surface area contributed by atoms with Crippen molar-refractivity contribution in [1.29, 1.82) is 0 Å². The van der Waals surface area contributed by atoms with Crippen LogP contribution in [-0.2, 0) is 6.42 Å². The molecule has 0 spiro atoms.